The van der Waals surface area contributed by atoms with Gasteiger partial charge in [-0.25, -0.2) is 9.48 Å². The molecular weight excluding hydrogens is 251 g/mol. The van der Waals surface area contributed by atoms with Crippen LogP contribution in [0.5, 0.6) is 0 Å². The normalized spacial score (nSPS) is 11.5. The molecule has 0 aliphatic rings. The molecule has 2 heterocycles. The van der Waals surface area contributed by atoms with Gasteiger partial charge in [-0.1, -0.05) is 0 Å². The average Bonchev–Trinajstić information content (AvgIpc) is 2.74. The van der Waals surface area contributed by atoms with Crippen molar-refractivity contribution in [3.63, 3.8) is 0 Å². The maximum atomic E-state index is 12.6. The summed E-state index contributed by atoms with van der Waals surface area (Å²) in [6.07, 6.45) is -1.29. The first kappa shape index (κ1) is 12.1. The molecule has 0 saturated heterocycles. The number of hydrogen-bond acceptors (Lipinski definition) is 3. The topological polar surface area (TPSA) is 68.0 Å². The highest BCUT2D eigenvalue weighted by Crippen LogP contribution is 2.31. The summed E-state index contributed by atoms with van der Waals surface area (Å²) in [6.45, 7) is 0. The minimum atomic E-state index is -4.82. The van der Waals surface area contributed by atoms with E-state index in [4.69, 9.17) is 5.11 Å². The van der Waals surface area contributed by atoms with Crippen LogP contribution in [0.3, 0.4) is 0 Å². The highest BCUT2D eigenvalue weighted by Gasteiger charge is 2.39. The maximum Gasteiger partial charge on any atom is 0.436 e. The second-order valence-electron chi connectivity index (χ2n) is 3.35. The number of halogens is 3. The number of aromatic nitrogens is 3. The third-order valence-electron chi connectivity index (χ3n) is 2.12. The Balaban J connectivity index is 2.57. The van der Waals surface area contributed by atoms with Crippen molar-refractivity contribution in [3.05, 3.63) is 42.0 Å². The second kappa shape index (κ2) is 4.13. The molecule has 0 saturated carbocycles. The van der Waals surface area contributed by atoms with Crippen molar-refractivity contribution in [2.75, 3.05) is 0 Å². The van der Waals surface area contributed by atoms with Crippen LogP contribution in [-0.4, -0.2) is 25.8 Å². The van der Waals surface area contributed by atoms with Gasteiger partial charge in [0.05, 0.1) is 11.9 Å². The van der Waals surface area contributed by atoms with E-state index in [0.717, 1.165) is 10.9 Å². The van der Waals surface area contributed by atoms with Gasteiger partial charge in [-0.3, -0.25) is 4.98 Å². The molecule has 1 N–H and O–H groups in total. The van der Waals surface area contributed by atoms with E-state index in [9.17, 15) is 18.0 Å². The van der Waals surface area contributed by atoms with Crippen molar-refractivity contribution in [1.29, 1.82) is 0 Å². The predicted molar refractivity (Wildman–Crippen MR) is 53.3 cm³/mol. The van der Waals surface area contributed by atoms with Gasteiger partial charge in [0.15, 0.2) is 5.69 Å². The molecule has 0 aliphatic heterocycles. The Hall–Kier alpha value is -2.38. The summed E-state index contributed by atoms with van der Waals surface area (Å²) in [7, 11) is 0. The van der Waals surface area contributed by atoms with Crippen LogP contribution in [0.2, 0.25) is 0 Å². The maximum absolute atomic E-state index is 12.6. The molecule has 0 aromatic carbocycles. The smallest absolute Gasteiger partial charge is 0.436 e. The van der Waals surface area contributed by atoms with Crippen molar-refractivity contribution in [2.24, 2.45) is 0 Å². The molecule has 18 heavy (non-hydrogen) atoms. The Labute approximate surface area is 98.5 Å². The van der Waals surface area contributed by atoms with Gasteiger partial charge in [0, 0.05) is 12.4 Å². The van der Waals surface area contributed by atoms with E-state index in [1.807, 2.05) is 0 Å². The minimum absolute atomic E-state index is 0.246. The Bertz CT molecular complexity index is 578. The van der Waals surface area contributed by atoms with Gasteiger partial charge in [-0.15, -0.1) is 0 Å². The van der Waals surface area contributed by atoms with E-state index in [-0.39, 0.29) is 5.69 Å². The number of carboxylic acid groups (broad SMARTS) is 1. The fraction of sp³-hybridized carbons (Fsp3) is 0.100. The van der Waals surface area contributed by atoms with Crippen molar-refractivity contribution in [2.45, 2.75) is 6.18 Å². The molecule has 0 aliphatic carbocycles. The van der Waals surface area contributed by atoms with E-state index in [0.29, 0.717) is 0 Å². The van der Waals surface area contributed by atoms with Crippen molar-refractivity contribution >= 4 is 5.97 Å². The summed E-state index contributed by atoms with van der Waals surface area (Å²) in [6, 6.07) is 2.97. The molecule has 2 aromatic heterocycles. The molecule has 2 aromatic rings. The summed E-state index contributed by atoms with van der Waals surface area (Å²) in [5.41, 5.74) is -2.08. The lowest BCUT2D eigenvalue weighted by molar-refractivity contribution is -0.141. The summed E-state index contributed by atoms with van der Waals surface area (Å²) in [4.78, 5) is 14.5. The molecule has 2 rings (SSSR count). The summed E-state index contributed by atoms with van der Waals surface area (Å²) < 4.78 is 38.6. The SMILES string of the molecule is O=C(O)c1cn(-c2cccnc2)nc1C(F)(F)F. The largest absolute Gasteiger partial charge is 0.478 e. The van der Waals surface area contributed by atoms with Gasteiger partial charge in [-0.05, 0) is 12.1 Å². The molecule has 0 fully saturated rings. The number of aromatic carboxylic acids is 1. The van der Waals surface area contributed by atoms with Gasteiger partial charge >= 0.3 is 12.1 Å². The van der Waals surface area contributed by atoms with Crippen LogP contribution in [0.4, 0.5) is 13.2 Å². The fourth-order valence-corrected chi connectivity index (χ4v) is 1.36. The fourth-order valence-electron chi connectivity index (χ4n) is 1.36. The highest BCUT2D eigenvalue weighted by atomic mass is 19.4. The number of rotatable bonds is 2. The zero-order valence-electron chi connectivity index (χ0n) is 8.72. The molecule has 0 radical (unpaired) electrons. The lowest BCUT2D eigenvalue weighted by Crippen LogP contribution is -2.12. The lowest BCUT2D eigenvalue weighted by Gasteiger charge is -2.02. The van der Waals surface area contributed by atoms with E-state index >= 15 is 0 Å². The first-order chi connectivity index (χ1) is 8.39. The number of pyridine rings is 1. The van der Waals surface area contributed by atoms with Gasteiger partial charge < -0.3 is 5.11 Å². The number of carboxylic acids is 1. The van der Waals surface area contributed by atoms with Gasteiger partial charge in [-0.2, -0.15) is 18.3 Å². The molecule has 8 heteroatoms. The molecule has 5 nitrogen and oxygen atoms in total. The van der Waals surface area contributed by atoms with Crippen LogP contribution in [0.1, 0.15) is 16.1 Å². The van der Waals surface area contributed by atoms with Crippen molar-refractivity contribution in [3.8, 4) is 5.69 Å². The molecule has 0 amide bonds. The van der Waals surface area contributed by atoms with Crippen LogP contribution >= 0.6 is 0 Å². The average molecular weight is 257 g/mol. The standard InChI is InChI=1S/C10H6F3N3O2/c11-10(12,13)8-7(9(17)18)5-16(15-8)6-2-1-3-14-4-6/h1-5H,(H,17,18). The summed E-state index contributed by atoms with van der Waals surface area (Å²) in [5.74, 6) is -1.68. The zero-order valence-corrected chi connectivity index (χ0v) is 8.72. The summed E-state index contributed by atoms with van der Waals surface area (Å²) in [5, 5.41) is 12.0. The van der Waals surface area contributed by atoms with Gasteiger partial charge in [0.2, 0.25) is 0 Å². The van der Waals surface area contributed by atoms with E-state index in [1.54, 1.807) is 0 Å². The van der Waals surface area contributed by atoms with E-state index < -0.39 is 23.4 Å². The highest BCUT2D eigenvalue weighted by molar-refractivity contribution is 5.89. The Morgan fingerprint density at radius 2 is 2.11 bits per heavy atom. The van der Waals surface area contributed by atoms with Crippen molar-refractivity contribution in [1.82, 2.24) is 14.8 Å². The van der Waals surface area contributed by atoms with Crippen LogP contribution in [-0.2, 0) is 6.18 Å². The Morgan fingerprint density at radius 1 is 1.39 bits per heavy atom. The van der Waals surface area contributed by atoms with Crippen LogP contribution < -0.4 is 0 Å². The number of nitrogens with zero attached hydrogens (tertiary/aromatic N) is 3. The molecule has 0 bridgehead atoms. The Kier molecular flexibility index (Phi) is 2.77. The van der Waals surface area contributed by atoms with Gasteiger partial charge in [0.25, 0.3) is 0 Å². The number of alkyl halides is 3. The zero-order chi connectivity index (χ0) is 13.3. The van der Waals surface area contributed by atoms with Crippen molar-refractivity contribution < 1.29 is 23.1 Å². The third kappa shape index (κ3) is 2.17. The first-order valence-corrected chi connectivity index (χ1v) is 4.70. The van der Waals surface area contributed by atoms with E-state index in [2.05, 4.69) is 10.1 Å². The monoisotopic (exact) mass is 257 g/mol. The molecule has 0 atom stereocenters. The molecule has 94 valence electrons. The van der Waals surface area contributed by atoms with E-state index in [1.165, 1.54) is 24.5 Å². The van der Waals surface area contributed by atoms with Crippen LogP contribution in [0.25, 0.3) is 5.69 Å². The lowest BCUT2D eigenvalue weighted by atomic mass is 10.2. The second-order valence-corrected chi connectivity index (χ2v) is 3.35. The van der Waals surface area contributed by atoms with Crippen LogP contribution in [0, 0.1) is 0 Å². The van der Waals surface area contributed by atoms with Crippen LogP contribution in [0.15, 0.2) is 30.7 Å². The molecular formula is C10H6F3N3O2. The third-order valence-corrected chi connectivity index (χ3v) is 2.12. The minimum Gasteiger partial charge on any atom is -0.478 e. The quantitative estimate of drug-likeness (QED) is 0.893. The summed E-state index contributed by atoms with van der Waals surface area (Å²) >= 11 is 0. The van der Waals surface area contributed by atoms with Gasteiger partial charge in [0.1, 0.15) is 5.56 Å². The predicted octanol–water partition coefficient (Wildman–Crippen LogP) is 1.98. The molecule has 0 spiro atoms. The number of carbonyl (C=O) groups is 1. The molecule has 0 unspecified atom stereocenters. The Morgan fingerprint density at radius 3 is 2.56 bits per heavy atom. The number of hydrogen-bond donors (Lipinski definition) is 1. The first-order valence-electron chi connectivity index (χ1n) is 4.70.